The Morgan fingerprint density at radius 3 is 2.09 bits per heavy atom. The van der Waals surface area contributed by atoms with Crippen molar-refractivity contribution >= 4 is 28.3 Å². The van der Waals surface area contributed by atoms with E-state index >= 15 is 0 Å². The van der Waals surface area contributed by atoms with Crippen LogP contribution in [-0.2, 0) is 0 Å². The molecule has 1 aromatic heterocycles. The van der Waals surface area contributed by atoms with Crippen LogP contribution in [0.15, 0.2) is 59.0 Å². The molecule has 1 amide bonds. The number of rotatable bonds is 8. The molecule has 0 fully saturated rings. The van der Waals surface area contributed by atoms with Crippen molar-refractivity contribution in [3.8, 4) is 23.0 Å². The van der Waals surface area contributed by atoms with Crippen LogP contribution in [0.5, 0.6) is 23.0 Å². The summed E-state index contributed by atoms with van der Waals surface area (Å²) in [4.78, 5) is 26.2. The summed E-state index contributed by atoms with van der Waals surface area (Å²) in [7, 11) is 6.06. The van der Waals surface area contributed by atoms with Gasteiger partial charge in [0.15, 0.2) is 5.76 Å². The van der Waals surface area contributed by atoms with Gasteiger partial charge >= 0.3 is 0 Å². The minimum Gasteiger partial charge on any atom is -0.497 e. The van der Waals surface area contributed by atoms with E-state index in [1.807, 2.05) is 6.92 Å². The second-order valence-electron chi connectivity index (χ2n) is 7.72. The number of aryl methyl sites for hydroxylation is 1. The Kier molecular flexibility index (Phi) is 6.64. The van der Waals surface area contributed by atoms with Gasteiger partial charge in [0.05, 0.1) is 34.0 Å². The van der Waals surface area contributed by atoms with Crippen molar-refractivity contribution in [3.05, 3.63) is 77.0 Å². The van der Waals surface area contributed by atoms with Crippen LogP contribution < -0.4 is 24.3 Å². The van der Waals surface area contributed by atoms with Crippen LogP contribution in [0.1, 0.15) is 32.0 Å². The highest BCUT2D eigenvalue weighted by Crippen LogP contribution is 2.33. The summed E-state index contributed by atoms with van der Waals surface area (Å²) in [5, 5.41) is 3.60. The molecule has 0 aliphatic rings. The second kappa shape index (κ2) is 9.80. The summed E-state index contributed by atoms with van der Waals surface area (Å²) in [6.45, 7) is 1.81. The van der Waals surface area contributed by atoms with Gasteiger partial charge in [0.1, 0.15) is 28.6 Å². The summed E-state index contributed by atoms with van der Waals surface area (Å²) in [5.74, 6) is 1.46. The molecule has 0 aliphatic heterocycles. The summed E-state index contributed by atoms with van der Waals surface area (Å²) >= 11 is 0. The van der Waals surface area contributed by atoms with Crippen molar-refractivity contribution in [1.82, 2.24) is 0 Å². The van der Waals surface area contributed by atoms with E-state index in [1.165, 1.54) is 28.4 Å². The number of amides is 1. The highest BCUT2D eigenvalue weighted by Gasteiger charge is 2.23. The molecule has 0 atom stereocenters. The normalized spacial score (nSPS) is 10.7. The van der Waals surface area contributed by atoms with E-state index < -0.39 is 0 Å². The van der Waals surface area contributed by atoms with Crippen molar-refractivity contribution in [2.24, 2.45) is 0 Å². The summed E-state index contributed by atoms with van der Waals surface area (Å²) in [5.41, 5.74) is 2.36. The van der Waals surface area contributed by atoms with Crippen molar-refractivity contribution < 1.29 is 33.0 Å². The minimum absolute atomic E-state index is 0.188. The molecule has 4 rings (SSSR count). The number of nitrogens with one attached hydrogen (secondary N) is 1. The fourth-order valence-corrected chi connectivity index (χ4v) is 3.78. The summed E-state index contributed by atoms with van der Waals surface area (Å²) in [6, 6.07) is 15.1. The van der Waals surface area contributed by atoms with E-state index in [1.54, 1.807) is 54.6 Å². The van der Waals surface area contributed by atoms with Crippen LogP contribution in [0.25, 0.3) is 11.0 Å². The van der Waals surface area contributed by atoms with Crippen LogP contribution in [0, 0.1) is 6.92 Å². The number of benzene rings is 3. The number of ether oxygens (including phenoxy) is 4. The molecule has 0 saturated heterocycles. The molecule has 0 spiro atoms. The molecule has 4 aromatic rings. The third-order valence-corrected chi connectivity index (χ3v) is 5.67. The second-order valence-corrected chi connectivity index (χ2v) is 7.72. The molecule has 0 radical (unpaired) electrons. The van der Waals surface area contributed by atoms with Crippen molar-refractivity contribution in [2.75, 3.05) is 33.8 Å². The zero-order valence-corrected chi connectivity index (χ0v) is 20.1. The number of ketones is 1. The SMILES string of the molecule is COc1cc(OC)cc(C(=O)Nc2ccc3c(C)c(C(=O)c4cc(OC)ccc4OC)oc3c2)c1. The standard InChI is InChI=1S/C27H25NO7/c1-15-21-8-6-17(28-27(30)16-10-19(32-3)13-20(11-16)33-4)12-24(21)35-26(15)25(29)22-14-18(31-2)7-9-23(22)34-5/h6-14H,1-5H3,(H,28,30). The van der Waals surface area contributed by atoms with E-state index in [0.717, 1.165) is 5.39 Å². The van der Waals surface area contributed by atoms with Gasteiger partial charge in [-0.25, -0.2) is 0 Å². The fourth-order valence-electron chi connectivity index (χ4n) is 3.78. The Labute approximate surface area is 202 Å². The smallest absolute Gasteiger partial charge is 0.255 e. The largest absolute Gasteiger partial charge is 0.497 e. The number of fused-ring (bicyclic) bond motifs is 1. The molecule has 3 aromatic carbocycles. The number of furan rings is 1. The lowest BCUT2D eigenvalue weighted by Gasteiger charge is -2.09. The lowest BCUT2D eigenvalue weighted by Crippen LogP contribution is -2.12. The van der Waals surface area contributed by atoms with Crippen LogP contribution in [-0.4, -0.2) is 40.1 Å². The average Bonchev–Trinajstić information content (AvgIpc) is 3.22. The number of methoxy groups -OCH3 is 4. The molecule has 180 valence electrons. The first kappa shape index (κ1) is 23.7. The first-order chi connectivity index (χ1) is 16.9. The maximum atomic E-state index is 13.3. The van der Waals surface area contributed by atoms with Crippen molar-refractivity contribution in [1.29, 1.82) is 0 Å². The number of anilines is 1. The quantitative estimate of drug-likeness (QED) is 0.347. The Hall–Kier alpha value is -4.46. The Bertz CT molecular complexity index is 1400. The molecule has 0 saturated carbocycles. The Morgan fingerprint density at radius 2 is 1.46 bits per heavy atom. The number of carbonyl (C=O) groups excluding carboxylic acids is 2. The maximum absolute atomic E-state index is 13.3. The van der Waals surface area contributed by atoms with Crippen LogP contribution in [0.3, 0.4) is 0 Å². The molecule has 0 bridgehead atoms. The predicted molar refractivity (Wildman–Crippen MR) is 131 cm³/mol. The van der Waals surface area contributed by atoms with E-state index in [-0.39, 0.29) is 17.5 Å². The summed E-state index contributed by atoms with van der Waals surface area (Å²) in [6.07, 6.45) is 0. The topological polar surface area (TPSA) is 96.2 Å². The van der Waals surface area contributed by atoms with E-state index in [2.05, 4.69) is 5.32 Å². The van der Waals surface area contributed by atoms with Gasteiger partial charge in [-0.3, -0.25) is 9.59 Å². The first-order valence-electron chi connectivity index (χ1n) is 10.7. The fraction of sp³-hybridized carbons (Fsp3) is 0.185. The molecular formula is C27H25NO7. The maximum Gasteiger partial charge on any atom is 0.255 e. The van der Waals surface area contributed by atoms with Gasteiger partial charge in [0.25, 0.3) is 5.91 Å². The van der Waals surface area contributed by atoms with E-state index in [0.29, 0.717) is 51.0 Å². The van der Waals surface area contributed by atoms with Gasteiger partial charge in [-0.1, -0.05) is 0 Å². The van der Waals surface area contributed by atoms with Crippen LogP contribution in [0.2, 0.25) is 0 Å². The molecule has 8 heteroatoms. The molecule has 1 heterocycles. The zero-order chi connectivity index (χ0) is 25.1. The minimum atomic E-state index is -0.345. The van der Waals surface area contributed by atoms with Crippen molar-refractivity contribution in [3.63, 3.8) is 0 Å². The third kappa shape index (κ3) is 4.63. The Balaban J connectivity index is 1.66. The number of hydrogen-bond donors (Lipinski definition) is 1. The van der Waals surface area contributed by atoms with Crippen molar-refractivity contribution in [2.45, 2.75) is 6.92 Å². The molecule has 0 unspecified atom stereocenters. The van der Waals surface area contributed by atoms with E-state index in [4.69, 9.17) is 23.4 Å². The van der Waals surface area contributed by atoms with Gasteiger partial charge in [0, 0.05) is 34.3 Å². The number of carbonyl (C=O) groups is 2. The highest BCUT2D eigenvalue weighted by molar-refractivity contribution is 6.12. The Morgan fingerprint density at radius 1 is 0.771 bits per heavy atom. The zero-order valence-electron chi connectivity index (χ0n) is 20.1. The van der Waals surface area contributed by atoms with E-state index in [9.17, 15) is 9.59 Å². The lowest BCUT2D eigenvalue weighted by atomic mass is 10.0. The molecular weight excluding hydrogens is 450 g/mol. The predicted octanol–water partition coefficient (Wildman–Crippen LogP) is 5.26. The monoisotopic (exact) mass is 475 g/mol. The highest BCUT2D eigenvalue weighted by atomic mass is 16.5. The average molecular weight is 475 g/mol. The lowest BCUT2D eigenvalue weighted by molar-refractivity contribution is 0.100. The van der Waals surface area contributed by atoms with Crippen LogP contribution >= 0.6 is 0 Å². The number of hydrogen-bond acceptors (Lipinski definition) is 7. The third-order valence-electron chi connectivity index (χ3n) is 5.67. The van der Waals surface area contributed by atoms with Gasteiger partial charge in [-0.15, -0.1) is 0 Å². The van der Waals surface area contributed by atoms with Gasteiger partial charge in [0.2, 0.25) is 5.78 Å². The molecule has 8 nitrogen and oxygen atoms in total. The van der Waals surface area contributed by atoms with Gasteiger partial charge in [-0.2, -0.15) is 0 Å². The molecule has 1 N–H and O–H groups in total. The van der Waals surface area contributed by atoms with Gasteiger partial charge in [-0.05, 0) is 49.4 Å². The van der Waals surface area contributed by atoms with Crippen LogP contribution in [0.4, 0.5) is 5.69 Å². The molecule has 35 heavy (non-hydrogen) atoms. The summed E-state index contributed by atoms with van der Waals surface area (Å²) < 4.78 is 27.0. The van der Waals surface area contributed by atoms with Gasteiger partial charge < -0.3 is 28.7 Å². The molecule has 0 aliphatic carbocycles. The first-order valence-corrected chi connectivity index (χ1v) is 10.7.